The van der Waals surface area contributed by atoms with Crippen LogP contribution in [-0.4, -0.2) is 6.21 Å². The Labute approximate surface area is 31.8 Å². The summed E-state index contributed by atoms with van der Waals surface area (Å²) in [6.45, 7) is 1.84. The Morgan fingerprint density at radius 1 is 1.60 bits per heavy atom. The first-order valence-corrected chi connectivity index (χ1v) is 1.50. The highest BCUT2D eigenvalue weighted by Gasteiger charge is 1.45. The summed E-state index contributed by atoms with van der Waals surface area (Å²) in [5.41, 5.74) is 0. The molecular formula is C4H6N. The molecule has 1 nitrogen and oxygen atoms in total. The van der Waals surface area contributed by atoms with Crippen LogP contribution in [0.2, 0.25) is 0 Å². The van der Waals surface area contributed by atoms with E-state index in [1.165, 1.54) is 0 Å². The Kier molecular flexibility index (Phi) is 3.01. The molecule has 0 aliphatic rings. The standard InChI is InChI=1S/C4H6N/c1-2-3-4-5/h2-4H,1H3. The number of hydrogen-bond acceptors (Lipinski definition) is 0. The monoisotopic (exact) mass is 68.1 g/mol. The van der Waals surface area contributed by atoms with Crippen LogP contribution in [0.5, 0.6) is 0 Å². The van der Waals surface area contributed by atoms with Crippen LogP contribution in [0.3, 0.4) is 0 Å². The molecule has 0 unspecified atom stereocenters. The molecule has 0 spiro atoms. The van der Waals surface area contributed by atoms with Gasteiger partial charge >= 0.3 is 0 Å². The van der Waals surface area contributed by atoms with Gasteiger partial charge in [-0.2, -0.15) is 5.41 Å². The third-order valence-electron chi connectivity index (χ3n) is 0.279. The van der Waals surface area contributed by atoms with E-state index >= 15 is 0 Å². The van der Waals surface area contributed by atoms with E-state index in [4.69, 9.17) is 5.41 Å². The zero-order valence-electron chi connectivity index (χ0n) is 3.18. The van der Waals surface area contributed by atoms with Gasteiger partial charge in [0.1, 0.15) is 0 Å². The van der Waals surface area contributed by atoms with E-state index in [9.17, 15) is 0 Å². The topological polar surface area (TPSA) is 22.3 Å². The molecular weight excluding hydrogens is 62.1 g/mol. The summed E-state index contributed by atoms with van der Waals surface area (Å²) in [7, 11) is 0. The molecule has 1 heteroatoms. The molecule has 0 rings (SSSR count). The molecule has 5 heavy (non-hydrogen) atoms. The van der Waals surface area contributed by atoms with Gasteiger partial charge in [-0.1, -0.05) is 6.08 Å². The van der Waals surface area contributed by atoms with Crippen molar-refractivity contribution in [3.05, 3.63) is 12.2 Å². The van der Waals surface area contributed by atoms with Crippen LogP contribution in [-0.2, 0) is 0 Å². The normalized spacial score (nSPS) is 9.00. The van der Waals surface area contributed by atoms with E-state index in [-0.39, 0.29) is 0 Å². The molecule has 0 aromatic heterocycles. The zero-order chi connectivity index (χ0) is 4.12. The molecule has 0 saturated carbocycles. The quantitative estimate of drug-likeness (QED) is 0.398. The average Bonchev–Trinajstić information content (AvgIpc) is 1.41. The Morgan fingerprint density at radius 3 is 2.20 bits per heavy atom. The first-order chi connectivity index (χ1) is 2.41. The maximum Gasteiger partial charge on any atom is 0.0492 e. The first-order valence-electron chi connectivity index (χ1n) is 1.50. The minimum atomic E-state index is 1.00. The van der Waals surface area contributed by atoms with Crippen LogP contribution >= 0.6 is 0 Å². The fourth-order valence-corrected chi connectivity index (χ4v) is 0.0861. The smallest absolute Gasteiger partial charge is 0.0492 e. The second-order valence-corrected chi connectivity index (χ2v) is 0.675. The van der Waals surface area contributed by atoms with Gasteiger partial charge in [0.2, 0.25) is 0 Å². The molecule has 0 aliphatic carbocycles. The summed E-state index contributed by atoms with van der Waals surface area (Å²) < 4.78 is 0. The molecule has 0 N–H and O–H groups in total. The van der Waals surface area contributed by atoms with E-state index in [2.05, 4.69) is 0 Å². The van der Waals surface area contributed by atoms with Crippen LogP contribution in [0.15, 0.2) is 12.2 Å². The predicted molar refractivity (Wildman–Crippen MR) is 23.0 cm³/mol. The highest BCUT2D eigenvalue weighted by Crippen LogP contribution is 1.54. The number of allylic oxidation sites excluding steroid dienone is 2. The fraction of sp³-hybridized carbons (Fsp3) is 0.250. The van der Waals surface area contributed by atoms with Gasteiger partial charge < -0.3 is 0 Å². The maximum atomic E-state index is 7.85. The second-order valence-electron chi connectivity index (χ2n) is 0.675. The van der Waals surface area contributed by atoms with Gasteiger partial charge in [-0.05, 0) is 13.0 Å². The zero-order valence-corrected chi connectivity index (χ0v) is 3.18. The molecule has 0 saturated heterocycles. The molecule has 0 aliphatic heterocycles. The van der Waals surface area contributed by atoms with Gasteiger partial charge in [-0.25, -0.2) is 0 Å². The van der Waals surface area contributed by atoms with Crippen LogP contribution < -0.4 is 5.41 Å². The molecule has 0 fully saturated rings. The van der Waals surface area contributed by atoms with Gasteiger partial charge in [0.15, 0.2) is 0 Å². The molecule has 0 aromatic carbocycles. The van der Waals surface area contributed by atoms with E-state index in [0.717, 1.165) is 6.21 Å². The van der Waals surface area contributed by atoms with Gasteiger partial charge in [0.25, 0.3) is 0 Å². The Hall–Kier alpha value is -0.590. The number of rotatable bonds is 1. The molecule has 27 valence electrons. The molecule has 0 aromatic rings. The van der Waals surface area contributed by atoms with Gasteiger partial charge in [0.05, 0.1) is 0 Å². The van der Waals surface area contributed by atoms with E-state index in [1.807, 2.05) is 6.92 Å². The first kappa shape index (κ1) is 4.41. The van der Waals surface area contributed by atoms with E-state index in [0.29, 0.717) is 0 Å². The van der Waals surface area contributed by atoms with E-state index in [1.54, 1.807) is 12.2 Å². The summed E-state index contributed by atoms with van der Waals surface area (Å²) in [6.07, 6.45) is 4.31. The maximum absolute atomic E-state index is 7.85. The molecule has 0 atom stereocenters. The lowest BCUT2D eigenvalue weighted by molar-refractivity contribution is 1.76. The number of nitrogens with zero attached hydrogens (tertiary/aromatic N) is 1. The Morgan fingerprint density at radius 2 is 2.20 bits per heavy atom. The van der Waals surface area contributed by atoms with Crippen molar-refractivity contribution in [1.82, 2.24) is 5.41 Å². The minimum Gasteiger partial charge on any atom is -0.159 e. The van der Waals surface area contributed by atoms with Gasteiger partial charge in [0, 0.05) is 6.21 Å². The lowest BCUT2D eigenvalue weighted by Gasteiger charge is -1.53. The van der Waals surface area contributed by atoms with Crippen molar-refractivity contribution in [2.75, 3.05) is 0 Å². The van der Waals surface area contributed by atoms with Crippen molar-refractivity contribution in [2.45, 2.75) is 6.92 Å². The van der Waals surface area contributed by atoms with Gasteiger partial charge in [-0.3, -0.25) is 0 Å². The van der Waals surface area contributed by atoms with Crippen molar-refractivity contribution < 1.29 is 0 Å². The Balaban J connectivity index is 2.92. The van der Waals surface area contributed by atoms with Crippen molar-refractivity contribution in [3.8, 4) is 0 Å². The van der Waals surface area contributed by atoms with Crippen LogP contribution in [0.25, 0.3) is 0 Å². The van der Waals surface area contributed by atoms with E-state index < -0.39 is 0 Å². The van der Waals surface area contributed by atoms with Crippen molar-refractivity contribution in [3.63, 3.8) is 0 Å². The SMILES string of the molecule is CC=CC=[N]. The lowest BCUT2D eigenvalue weighted by Crippen LogP contribution is -1.55. The predicted octanol–water partition coefficient (Wildman–Crippen LogP) is 0.433. The lowest BCUT2D eigenvalue weighted by atomic mass is 10.6. The largest absolute Gasteiger partial charge is 0.159 e. The van der Waals surface area contributed by atoms with Gasteiger partial charge in [-0.15, -0.1) is 0 Å². The Bertz CT molecular complexity index is 45.6. The van der Waals surface area contributed by atoms with Crippen molar-refractivity contribution >= 4 is 6.21 Å². The molecule has 0 bridgehead atoms. The van der Waals surface area contributed by atoms with Crippen LogP contribution in [0, 0.1) is 0 Å². The van der Waals surface area contributed by atoms with Crippen molar-refractivity contribution in [1.29, 1.82) is 0 Å². The molecule has 0 amide bonds. The minimum absolute atomic E-state index is 1.00. The van der Waals surface area contributed by atoms with Crippen LogP contribution in [0.1, 0.15) is 6.92 Å². The summed E-state index contributed by atoms with van der Waals surface area (Å²) in [6, 6.07) is 0. The number of hydrogen-bond donors (Lipinski definition) is 0. The second kappa shape index (κ2) is 3.41. The summed E-state index contributed by atoms with van der Waals surface area (Å²) in [5, 5.41) is 7.85. The van der Waals surface area contributed by atoms with Crippen molar-refractivity contribution in [2.24, 2.45) is 0 Å². The van der Waals surface area contributed by atoms with Crippen LogP contribution in [0.4, 0.5) is 0 Å². The summed E-state index contributed by atoms with van der Waals surface area (Å²) in [5.74, 6) is 0. The highest BCUT2D eigenvalue weighted by atomic mass is 14.3. The fourth-order valence-electron chi connectivity index (χ4n) is 0.0861. The summed E-state index contributed by atoms with van der Waals surface area (Å²) in [4.78, 5) is 0. The third-order valence-corrected chi connectivity index (χ3v) is 0.279. The molecule has 1 radical (unpaired) electrons. The third kappa shape index (κ3) is 3.41. The highest BCUT2D eigenvalue weighted by molar-refractivity contribution is 5.68. The summed E-state index contributed by atoms with van der Waals surface area (Å²) >= 11 is 0. The molecule has 0 heterocycles. The average molecular weight is 68.1 g/mol.